The van der Waals surface area contributed by atoms with Crippen LogP contribution in [0.1, 0.15) is 36.2 Å². The van der Waals surface area contributed by atoms with Gasteiger partial charge in [-0.1, -0.05) is 32.0 Å². The van der Waals surface area contributed by atoms with E-state index in [1.807, 2.05) is 25.1 Å². The lowest BCUT2D eigenvalue weighted by atomic mass is 10.1. The molecule has 1 heterocycles. The van der Waals surface area contributed by atoms with E-state index in [0.29, 0.717) is 24.2 Å². The van der Waals surface area contributed by atoms with Crippen molar-refractivity contribution in [1.29, 1.82) is 0 Å². The van der Waals surface area contributed by atoms with Crippen LogP contribution in [0.25, 0.3) is 0 Å². The van der Waals surface area contributed by atoms with Crippen LogP contribution in [-0.4, -0.2) is 15.2 Å². The van der Waals surface area contributed by atoms with Crippen LogP contribution in [0.2, 0.25) is 0 Å². The Morgan fingerprint density at radius 3 is 2.52 bits per heavy atom. The number of aliphatic hydroxyl groups is 1. The number of nitrogens with one attached hydrogen (secondary N) is 1. The van der Waals surface area contributed by atoms with Crippen molar-refractivity contribution in [3.05, 3.63) is 52.8 Å². The molecular formula is C17H22N2O2. The molecule has 0 radical (unpaired) electrons. The van der Waals surface area contributed by atoms with Crippen molar-refractivity contribution in [3.63, 3.8) is 0 Å². The van der Waals surface area contributed by atoms with Crippen LogP contribution in [0.5, 0.6) is 5.75 Å². The van der Waals surface area contributed by atoms with Gasteiger partial charge in [0, 0.05) is 29.6 Å². The van der Waals surface area contributed by atoms with Crippen LogP contribution < -0.4 is 5.32 Å². The molecule has 1 aromatic carbocycles. The van der Waals surface area contributed by atoms with Gasteiger partial charge in [0.15, 0.2) is 0 Å². The van der Waals surface area contributed by atoms with Gasteiger partial charge in [0.05, 0.1) is 12.3 Å². The summed E-state index contributed by atoms with van der Waals surface area (Å²) in [6, 6.07) is 8.11. The number of aryl methyl sites for hydroxylation is 2. The number of anilines is 1. The quantitative estimate of drug-likeness (QED) is 0.763. The van der Waals surface area contributed by atoms with Gasteiger partial charge in [-0.25, -0.2) is 0 Å². The fourth-order valence-electron chi connectivity index (χ4n) is 2.40. The van der Waals surface area contributed by atoms with Crippen LogP contribution in [0, 0.1) is 0 Å². The highest BCUT2D eigenvalue weighted by Gasteiger charge is 2.13. The van der Waals surface area contributed by atoms with Gasteiger partial charge in [0.2, 0.25) is 0 Å². The molecule has 112 valence electrons. The normalized spacial score (nSPS) is 10.6. The number of hydrogen-bond donors (Lipinski definition) is 3. The van der Waals surface area contributed by atoms with E-state index in [1.54, 1.807) is 6.20 Å². The third kappa shape index (κ3) is 3.34. The Hall–Kier alpha value is -2.07. The molecule has 4 nitrogen and oxygen atoms in total. The molecule has 2 rings (SSSR count). The maximum absolute atomic E-state index is 10.3. The molecule has 0 atom stereocenters. The summed E-state index contributed by atoms with van der Waals surface area (Å²) in [5.74, 6) is 0.186. The topological polar surface area (TPSA) is 65.4 Å². The third-order valence-corrected chi connectivity index (χ3v) is 3.68. The highest BCUT2D eigenvalue weighted by molar-refractivity contribution is 5.53. The van der Waals surface area contributed by atoms with Crippen LogP contribution >= 0.6 is 0 Å². The summed E-state index contributed by atoms with van der Waals surface area (Å²) in [4.78, 5) is 4.18. The first-order valence-electron chi connectivity index (χ1n) is 7.32. The zero-order valence-corrected chi connectivity index (χ0v) is 12.6. The largest absolute Gasteiger partial charge is 0.506 e. The summed E-state index contributed by atoms with van der Waals surface area (Å²) >= 11 is 0. The predicted molar refractivity (Wildman–Crippen MR) is 84.3 cm³/mol. The number of nitrogens with zero attached hydrogens (tertiary/aromatic N) is 1. The van der Waals surface area contributed by atoms with Gasteiger partial charge in [-0.2, -0.15) is 0 Å². The van der Waals surface area contributed by atoms with Crippen molar-refractivity contribution in [2.24, 2.45) is 0 Å². The minimum Gasteiger partial charge on any atom is -0.506 e. The number of aromatic nitrogens is 1. The first-order chi connectivity index (χ1) is 10.2. The molecular weight excluding hydrogens is 264 g/mol. The van der Waals surface area contributed by atoms with E-state index >= 15 is 0 Å². The maximum Gasteiger partial charge on any atom is 0.142 e. The molecule has 0 aliphatic rings. The van der Waals surface area contributed by atoms with Gasteiger partial charge in [-0.05, 0) is 24.5 Å². The summed E-state index contributed by atoms with van der Waals surface area (Å²) < 4.78 is 0. The summed E-state index contributed by atoms with van der Waals surface area (Å²) in [6.07, 6.45) is 3.25. The van der Waals surface area contributed by atoms with Gasteiger partial charge in [0.25, 0.3) is 0 Å². The van der Waals surface area contributed by atoms with Crippen molar-refractivity contribution >= 4 is 5.69 Å². The van der Waals surface area contributed by atoms with Crippen molar-refractivity contribution in [1.82, 2.24) is 4.98 Å². The monoisotopic (exact) mass is 286 g/mol. The van der Waals surface area contributed by atoms with Gasteiger partial charge in [-0.3, -0.25) is 4.98 Å². The fourth-order valence-corrected chi connectivity index (χ4v) is 2.40. The molecule has 0 unspecified atom stereocenters. The molecule has 0 bridgehead atoms. The SMILES string of the molecule is CCc1ccccc1NCc1c(CO)cnc(CC)c1O. The summed E-state index contributed by atoms with van der Waals surface area (Å²) in [6.45, 7) is 4.40. The van der Waals surface area contributed by atoms with Gasteiger partial charge >= 0.3 is 0 Å². The Balaban J connectivity index is 2.27. The molecule has 3 N–H and O–H groups in total. The molecule has 0 aliphatic heterocycles. The summed E-state index contributed by atoms with van der Waals surface area (Å²) in [7, 11) is 0. The second-order valence-corrected chi connectivity index (χ2v) is 4.93. The van der Waals surface area contributed by atoms with E-state index in [0.717, 1.165) is 17.7 Å². The molecule has 0 aliphatic carbocycles. The molecule has 2 aromatic rings. The smallest absolute Gasteiger partial charge is 0.142 e. The van der Waals surface area contributed by atoms with E-state index in [4.69, 9.17) is 0 Å². The van der Waals surface area contributed by atoms with Gasteiger partial charge in [0.1, 0.15) is 5.75 Å². The van der Waals surface area contributed by atoms with Crippen molar-refractivity contribution in [2.45, 2.75) is 39.8 Å². The van der Waals surface area contributed by atoms with Crippen molar-refractivity contribution in [2.75, 3.05) is 5.32 Å². The van der Waals surface area contributed by atoms with Crippen LogP contribution in [-0.2, 0) is 26.0 Å². The minimum absolute atomic E-state index is 0.128. The van der Waals surface area contributed by atoms with Gasteiger partial charge < -0.3 is 15.5 Å². The minimum atomic E-state index is -0.128. The van der Waals surface area contributed by atoms with Crippen LogP contribution in [0.3, 0.4) is 0 Å². The lowest BCUT2D eigenvalue weighted by Gasteiger charge is -2.15. The summed E-state index contributed by atoms with van der Waals surface area (Å²) in [5.41, 5.74) is 4.32. The standard InChI is InChI=1S/C17H22N2O2/c1-3-12-7-5-6-8-16(12)19-10-14-13(11-20)9-18-15(4-2)17(14)21/h5-9,19-21H,3-4,10-11H2,1-2H3. The first kappa shape index (κ1) is 15.3. The Morgan fingerprint density at radius 1 is 1.10 bits per heavy atom. The zero-order valence-electron chi connectivity index (χ0n) is 12.6. The molecule has 21 heavy (non-hydrogen) atoms. The van der Waals surface area contributed by atoms with Crippen molar-refractivity contribution < 1.29 is 10.2 Å². The predicted octanol–water partition coefficient (Wildman–Crippen LogP) is 3.02. The second-order valence-electron chi connectivity index (χ2n) is 4.93. The number of para-hydroxylation sites is 1. The Morgan fingerprint density at radius 2 is 1.86 bits per heavy atom. The van der Waals surface area contributed by atoms with Crippen molar-refractivity contribution in [3.8, 4) is 5.75 Å². The zero-order chi connectivity index (χ0) is 15.2. The number of rotatable bonds is 6. The Kier molecular flexibility index (Phi) is 5.17. The molecule has 0 spiro atoms. The first-order valence-corrected chi connectivity index (χ1v) is 7.32. The van der Waals surface area contributed by atoms with E-state index in [9.17, 15) is 10.2 Å². The van der Waals surface area contributed by atoms with E-state index < -0.39 is 0 Å². The number of benzene rings is 1. The van der Waals surface area contributed by atoms with E-state index in [1.165, 1.54) is 5.56 Å². The average Bonchev–Trinajstić information content (AvgIpc) is 2.53. The maximum atomic E-state index is 10.3. The molecule has 0 saturated carbocycles. The highest BCUT2D eigenvalue weighted by Crippen LogP contribution is 2.26. The highest BCUT2D eigenvalue weighted by atomic mass is 16.3. The van der Waals surface area contributed by atoms with Crippen LogP contribution in [0.4, 0.5) is 5.69 Å². The number of pyridine rings is 1. The Labute approximate surface area is 125 Å². The lowest BCUT2D eigenvalue weighted by molar-refractivity contribution is 0.279. The molecule has 0 amide bonds. The number of aromatic hydroxyl groups is 1. The van der Waals surface area contributed by atoms with Gasteiger partial charge in [-0.15, -0.1) is 0 Å². The molecule has 0 saturated heterocycles. The van der Waals surface area contributed by atoms with Crippen LogP contribution in [0.15, 0.2) is 30.5 Å². The molecule has 1 aromatic heterocycles. The molecule has 0 fully saturated rings. The second kappa shape index (κ2) is 7.09. The lowest BCUT2D eigenvalue weighted by Crippen LogP contribution is -2.07. The van der Waals surface area contributed by atoms with E-state index in [2.05, 4.69) is 23.3 Å². The molecule has 4 heteroatoms. The summed E-state index contributed by atoms with van der Waals surface area (Å²) in [5, 5.41) is 23.1. The number of hydrogen-bond acceptors (Lipinski definition) is 4. The Bertz CT molecular complexity index is 612. The third-order valence-electron chi connectivity index (χ3n) is 3.68. The average molecular weight is 286 g/mol. The number of aliphatic hydroxyl groups excluding tert-OH is 1. The van der Waals surface area contributed by atoms with E-state index in [-0.39, 0.29) is 12.4 Å². The fraction of sp³-hybridized carbons (Fsp3) is 0.353.